The normalized spacial score (nSPS) is 11.8. The molecule has 1 amide bonds. The zero-order chi connectivity index (χ0) is 26.7. The van der Waals surface area contributed by atoms with Crippen LogP contribution in [0.15, 0.2) is 94.9 Å². The first-order valence-corrected chi connectivity index (χ1v) is 13.1. The third-order valence-corrected chi connectivity index (χ3v) is 7.20. The summed E-state index contributed by atoms with van der Waals surface area (Å²) in [6.07, 6.45) is 5.63. The highest BCUT2D eigenvalue weighted by atomic mass is 32.2. The van der Waals surface area contributed by atoms with Crippen molar-refractivity contribution in [2.24, 2.45) is 0 Å². The van der Waals surface area contributed by atoms with Crippen molar-refractivity contribution in [1.82, 2.24) is 15.2 Å². The van der Waals surface area contributed by atoms with Gasteiger partial charge >= 0.3 is 0 Å². The van der Waals surface area contributed by atoms with E-state index in [0.29, 0.717) is 11.3 Å². The third-order valence-electron chi connectivity index (χ3n) is 6.13. The van der Waals surface area contributed by atoms with Crippen LogP contribution in [0.5, 0.6) is 5.75 Å². The van der Waals surface area contributed by atoms with Crippen molar-refractivity contribution in [3.05, 3.63) is 108 Å². The highest BCUT2D eigenvalue weighted by Crippen LogP contribution is 2.35. The van der Waals surface area contributed by atoms with Crippen LogP contribution in [0.4, 0.5) is 5.69 Å². The van der Waals surface area contributed by atoms with Crippen LogP contribution < -0.4 is 5.32 Å². The maximum absolute atomic E-state index is 13.3. The first kappa shape index (κ1) is 25.3. The number of nitrogens with one attached hydrogen (secondary N) is 2. The molecule has 6 nitrogen and oxygen atoms in total. The second-order valence-corrected chi connectivity index (χ2v) is 11.1. The molecule has 0 saturated heterocycles. The summed E-state index contributed by atoms with van der Waals surface area (Å²) in [5, 5.41) is 21.8. The topological polar surface area (TPSA) is 90.9 Å². The van der Waals surface area contributed by atoms with Gasteiger partial charge in [-0.25, -0.2) is 0 Å². The van der Waals surface area contributed by atoms with Crippen LogP contribution in [0.25, 0.3) is 23.1 Å². The van der Waals surface area contributed by atoms with E-state index in [1.807, 2.05) is 78.9 Å². The molecule has 0 aliphatic rings. The number of anilines is 1. The average molecular weight is 521 g/mol. The van der Waals surface area contributed by atoms with Crippen molar-refractivity contribution < 1.29 is 9.90 Å². The zero-order valence-corrected chi connectivity index (χ0v) is 22.2. The molecule has 7 heteroatoms. The molecule has 0 aliphatic carbocycles. The Morgan fingerprint density at radius 1 is 0.974 bits per heavy atom. The summed E-state index contributed by atoms with van der Waals surface area (Å²) in [5.41, 5.74) is 4.44. The van der Waals surface area contributed by atoms with Gasteiger partial charge in [0.25, 0.3) is 5.91 Å². The number of phenols is 1. The number of hydrogen-bond donors (Lipinski definition) is 3. The van der Waals surface area contributed by atoms with Gasteiger partial charge in [-0.05, 0) is 77.7 Å². The van der Waals surface area contributed by atoms with Gasteiger partial charge in [0.05, 0.1) is 28.2 Å². The Kier molecular flexibility index (Phi) is 7.03. The number of aromatic amines is 1. The van der Waals surface area contributed by atoms with Crippen LogP contribution in [0.2, 0.25) is 0 Å². The van der Waals surface area contributed by atoms with Crippen molar-refractivity contribution in [3.8, 4) is 5.75 Å². The van der Waals surface area contributed by atoms with Crippen LogP contribution in [-0.4, -0.2) is 26.2 Å². The minimum atomic E-state index is -0.279. The molecule has 38 heavy (non-hydrogen) atoms. The third kappa shape index (κ3) is 5.63. The Hall–Kier alpha value is -4.36. The molecule has 0 aliphatic heterocycles. The van der Waals surface area contributed by atoms with Crippen LogP contribution in [0.3, 0.4) is 0 Å². The number of amides is 1. The Labute approximate surface area is 225 Å². The van der Waals surface area contributed by atoms with E-state index >= 15 is 0 Å². The number of H-pyrrole nitrogens is 1. The Bertz CT molecular complexity index is 1640. The number of carbonyl (C=O) groups is 1. The summed E-state index contributed by atoms with van der Waals surface area (Å²) in [5.74, 6) is -0.242. The van der Waals surface area contributed by atoms with Crippen LogP contribution in [-0.2, 0) is 5.41 Å². The van der Waals surface area contributed by atoms with Crippen LogP contribution in [0, 0.1) is 0 Å². The molecule has 0 unspecified atom stereocenters. The predicted molar refractivity (Wildman–Crippen MR) is 155 cm³/mol. The first-order valence-electron chi connectivity index (χ1n) is 12.3. The zero-order valence-electron chi connectivity index (χ0n) is 21.4. The average Bonchev–Trinajstić information content (AvgIpc) is 3.31. The van der Waals surface area contributed by atoms with E-state index in [0.717, 1.165) is 37.6 Å². The summed E-state index contributed by atoms with van der Waals surface area (Å²) in [6.45, 7) is 6.27. The number of fused-ring (bicyclic) bond motifs is 1. The van der Waals surface area contributed by atoms with Crippen molar-refractivity contribution >= 4 is 46.4 Å². The molecule has 0 spiro atoms. The number of aromatic hydroxyl groups is 1. The van der Waals surface area contributed by atoms with Gasteiger partial charge in [-0.3, -0.25) is 14.9 Å². The van der Waals surface area contributed by atoms with Gasteiger partial charge in [-0.2, -0.15) is 5.10 Å². The smallest absolute Gasteiger partial charge is 0.256 e. The Balaban J connectivity index is 1.37. The molecule has 0 fully saturated rings. The number of phenolic OH excluding ortho intramolecular Hbond substituents is 1. The van der Waals surface area contributed by atoms with Crippen molar-refractivity contribution in [2.75, 3.05) is 5.32 Å². The lowest BCUT2D eigenvalue weighted by Gasteiger charge is -2.20. The fraction of sp³-hybridized carbons (Fsp3) is 0.129. The molecule has 3 N–H and O–H groups in total. The Morgan fingerprint density at radius 2 is 1.79 bits per heavy atom. The van der Waals surface area contributed by atoms with Gasteiger partial charge in [-0.15, -0.1) is 0 Å². The Morgan fingerprint density at radius 3 is 2.58 bits per heavy atom. The second kappa shape index (κ2) is 10.6. The number of pyridine rings is 1. The minimum Gasteiger partial charge on any atom is -0.506 e. The lowest BCUT2D eigenvalue weighted by atomic mass is 9.87. The van der Waals surface area contributed by atoms with Crippen LogP contribution >= 0.6 is 11.8 Å². The fourth-order valence-electron chi connectivity index (χ4n) is 4.01. The first-order chi connectivity index (χ1) is 18.3. The molecule has 0 saturated carbocycles. The van der Waals surface area contributed by atoms with Gasteiger partial charge in [-0.1, -0.05) is 56.8 Å². The number of aromatic nitrogens is 3. The van der Waals surface area contributed by atoms with Crippen molar-refractivity contribution in [3.63, 3.8) is 0 Å². The van der Waals surface area contributed by atoms with Crippen molar-refractivity contribution in [1.29, 1.82) is 0 Å². The van der Waals surface area contributed by atoms with Gasteiger partial charge in [0.1, 0.15) is 5.75 Å². The molecular formula is C31H28N4O2S. The molecule has 5 aromatic rings. The maximum atomic E-state index is 13.3. The lowest BCUT2D eigenvalue weighted by molar-refractivity contribution is 0.102. The molecule has 5 rings (SSSR count). The number of rotatable bonds is 6. The summed E-state index contributed by atoms with van der Waals surface area (Å²) in [4.78, 5) is 19.4. The van der Waals surface area contributed by atoms with Gasteiger partial charge in [0.2, 0.25) is 0 Å². The maximum Gasteiger partial charge on any atom is 0.256 e. The van der Waals surface area contributed by atoms with E-state index < -0.39 is 0 Å². The number of carbonyl (C=O) groups excluding carboxylic acids is 1. The second-order valence-electron chi connectivity index (χ2n) is 9.94. The standard InChI is InChI=1S/C31H28N4O2S/c1-31(2,3)20-11-16-28(36)27(18-20)33-30(37)24-9-4-5-10-29(24)38-22-13-14-23-25(34-35-26(23)19-22)15-12-21-8-6-7-17-32-21/h4-19,36H,1-3H3,(H,33,37)(H,34,35)/b15-12+. The fourth-order valence-corrected chi connectivity index (χ4v) is 5.00. The van der Waals surface area contributed by atoms with Gasteiger partial charge in [0.15, 0.2) is 0 Å². The summed E-state index contributed by atoms with van der Waals surface area (Å²) < 4.78 is 0. The van der Waals surface area contributed by atoms with Gasteiger partial charge in [0, 0.05) is 21.4 Å². The lowest BCUT2D eigenvalue weighted by Crippen LogP contribution is -2.15. The number of nitrogens with zero attached hydrogens (tertiary/aromatic N) is 2. The number of hydrogen-bond acceptors (Lipinski definition) is 5. The quantitative estimate of drug-likeness (QED) is 0.201. The largest absolute Gasteiger partial charge is 0.506 e. The van der Waals surface area contributed by atoms with E-state index in [-0.39, 0.29) is 17.1 Å². The molecular weight excluding hydrogens is 492 g/mol. The van der Waals surface area contributed by atoms with Gasteiger partial charge < -0.3 is 10.4 Å². The van der Waals surface area contributed by atoms with E-state index in [2.05, 4.69) is 41.3 Å². The molecule has 0 atom stereocenters. The summed E-state index contributed by atoms with van der Waals surface area (Å²) in [6, 6.07) is 24.6. The molecule has 2 aromatic heterocycles. The molecule has 0 bridgehead atoms. The minimum absolute atomic E-state index is 0.0362. The monoisotopic (exact) mass is 520 g/mol. The molecule has 0 radical (unpaired) electrons. The van der Waals surface area contributed by atoms with Crippen LogP contribution in [0.1, 0.15) is 48.1 Å². The number of benzene rings is 3. The molecule has 2 heterocycles. The highest BCUT2D eigenvalue weighted by molar-refractivity contribution is 7.99. The van der Waals surface area contributed by atoms with Crippen molar-refractivity contribution in [2.45, 2.75) is 36.0 Å². The van der Waals surface area contributed by atoms with E-state index in [4.69, 9.17) is 0 Å². The molecule has 190 valence electrons. The SMILES string of the molecule is CC(C)(C)c1ccc(O)c(NC(=O)c2ccccc2Sc2ccc3c(/C=C/c4ccccn4)n[nH]c3c2)c1. The summed E-state index contributed by atoms with van der Waals surface area (Å²) in [7, 11) is 0. The molecule has 3 aromatic carbocycles. The van der Waals surface area contributed by atoms with E-state index in [1.54, 1.807) is 18.3 Å². The predicted octanol–water partition coefficient (Wildman–Crippen LogP) is 7.53. The van der Waals surface area contributed by atoms with E-state index in [1.165, 1.54) is 11.8 Å². The summed E-state index contributed by atoms with van der Waals surface area (Å²) >= 11 is 1.50. The van der Waals surface area contributed by atoms with E-state index in [9.17, 15) is 9.90 Å². The highest BCUT2D eigenvalue weighted by Gasteiger charge is 2.18.